The van der Waals surface area contributed by atoms with Crippen LogP contribution in [-0.2, 0) is 0 Å². The van der Waals surface area contributed by atoms with E-state index in [1.807, 2.05) is 24.3 Å². The van der Waals surface area contributed by atoms with Gasteiger partial charge in [-0.15, -0.1) is 0 Å². The summed E-state index contributed by atoms with van der Waals surface area (Å²) >= 11 is 9.33. The average Bonchev–Trinajstić information content (AvgIpc) is 2.83. The number of nitrogen functional groups attached to an aromatic ring is 1. The van der Waals surface area contributed by atoms with Crippen molar-refractivity contribution in [2.45, 2.75) is 0 Å². The van der Waals surface area contributed by atoms with E-state index in [1.165, 1.54) is 18.2 Å². The zero-order chi connectivity index (χ0) is 15.0. The minimum absolute atomic E-state index is 0.127. The van der Waals surface area contributed by atoms with Crippen molar-refractivity contribution in [3.8, 4) is 22.4 Å². The summed E-state index contributed by atoms with van der Waals surface area (Å²) < 4.78 is 20.0. The van der Waals surface area contributed by atoms with E-state index in [-0.39, 0.29) is 11.4 Å². The molecule has 0 bridgehead atoms. The van der Waals surface area contributed by atoms with Crippen molar-refractivity contribution in [2.75, 3.05) is 5.73 Å². The number of nitrogens with two attached hydrogens (primary N) is 1. The number of hydrogen-bond acceptors (Lipinski definition) is 3. The molecular weight excluding hydrogens is 359 g/mol. The maximum Gasteiger partial charge on any atom is 0.230 e. The van der Waals surface area contributed by atoms with E-state index in [1.54, 1.807) is 0 Å². The van der Waals surface area contributed by atoms with Crippen LogP contribution in [0.1, 0.15) is 0 Å². The van der Waals surface area contributed by atoms with Gasteiger partial charge in [0, 0.05) is 15.1 Å². The Labute approximate surface area is 133 Å². The fourth-order valence-corrected chi connectivity index (χ4v) is 2.66. The van der Waals surface area contributed by atoms with Crippen LogP contribution in [0.4, 0.5) is 10.3 Å². The van der Waals surface area contributed by atoms with Gasteiger partial charge >= 0.3 is 0 Å². The molecule has 2 aromatic carbocycles. The first-order valence-corrected chi connectivity index (χ1v) is 7.20. The van der Waals surface area contributed by atoms with Gasteiger partial charge in [-0.3, -0.25) is 0 Å². The van der Waals surface area contributed by atoms with Crippen LogP contribution in [-0.4, -0.2) is 5.16 Å². The van der Waals surface area contributed by atoms with Gasteiger partial charge in [-0.2, -0.15) is 0 Å². The van der Waals surface area contributed by atoms with E-state index in [0.717, 1.165) is 10.0 Å². The summed E-state index contributed by atoms with van der Waals surface area (Å²) in [6.07, 6.45) is 0. The normalized spacial score (nSPS) is 10.8. The first-order chi connectivity index (χ1) is 10.1. The quantitative estimate of drug-likeness (QED) is 0.682. The first-order valence-electron chi connectivity index (χ1n) is 6.03. The van der Waals surface area contributed by atoms with Crippen molar-refractivity contribution in [1.82, 2.24) is 5.16 Å². The molecule has 3 nitrogen and oxygen atoms in total. The van der Waals surface area contributed by atoms with Crippen molar-refractivity contribution < 1.29 is 8.91 Å². The first kappa shape index (κ1) is 14.1. The van der Waals surface area contributed by atoms with E-state index in [9.17, 15) is 4.39 Å². The third-order valence-electron chi connectivity index (χ3n) is 3.02. The van der Waals surface area contributed by atoms with Crippen LogP contribution in [0.2, 0.25) is 5.02 Å². The summed E-state index contributed by atoms with van der Waals surface area (Å²) in [4.78, 5) is 0. The molecule has 0 aliphatic heterocycles. The van der Waals surface area contributed by atoms with Crippen LogP contribution in [0.3, 0.4) is 0 Å². The van der Waals surface area contributed by atoms with Crippen molar-refractivity contribution in [1.29, 1.82) is 0 Å². The second-order valence-corrected chi connectivity index (χ2v) is 5.76. The Kier molecular flexibility index (Phi) is 3.69. The Morgan fingerprint density at radius 2 is 2.00 bits per heavy atom. The van der Waals surface area contributed by atoms with Crippen LogP contribution in [0.15, 0.2) is 51.5 Å². The van der Waals surface area contributed by atoms with Gasteiger partial charge in [0.2, 0.25) is 5.88 Å². The lowest BCUT2D eigenvalue weighted by atomic mass is 10.0. The van der Waals surface area contributed by atoms with Crippen LogP contribution in [0.25, 0.3) is 22.4 Å². The standard InChI is InChI=1S/C15H9BrClFN2O/c16-9-3-1-2-8(6-9)13-14(20-21-15(13)19)11-7-10(17)4-5-12(11)18/h1-7H,19H2. The molecule has 0 saturated carbocycles. The highest BCUT2D eigenvalue weighted by atomic mass is 79.9. The smallest absolute Gasteiger partial charge is 0.230 e. The number of nitrogens with zero attached hydrogens (tertiary/aromatic N) is 1. The molecule has 0 amide bonds. The summed E-state index contributed by atoms with van der Waals surface area (Å²) in [5.74, 6) is -0.313. The Bertz CT molecular complexity index is 819. The number of hydrogen-bond donors (Lipinski definition) is 1. The third-order valence-corrected chi connectivity index (χ3v) is 3.74. The van der Waals surface area contributed by atoms with Crippen molar-refractivity contribution in [2.24, 2.45) is 0 Å². The molecule has 0 atom stereocenters. The van der Waals surface area contributed by atoms with Gasteiger partial charge in [0.05, 0.1) is 5.56 Å². The van der Waals surface area contributed by atoms with Gasteiger partial charge in [-0.1, -0.05) is 44.8 Å². The lowest BCUT2D eigenvalue weighted by Gasteiger charge is -2.05. The molecule has 0 fully saturated rings. The van der Waals surface area contributed by atoms with Crippen LogP contribution in [0, 0.1) is 5.82 Å². The summed E-state index contributed by atoms with van der Waals surface area (Å²) in [5.41, 5.74) is 7.74. The number of aromatic nitrogens is 1. The highest BCUT2D eigenvalue weighted by Gasteiger charge is 2.20. The molecule has 1 heterocycles. The molecule has 0 saturated heterocycles. The predicted octanol–water partition coefficient (Wildman–Crippen LogP) is 5.15. The molecule has 0 aliphatic rings. The fraction of sp³-hybridized carbons (Fsp3) is 0. The van der Waals surface area contributed by atoms with E-state index in [0.29, 0.717) is 16.3 Å². The zero-order valence-corrected chi connectivity index (χ0v) is 13.0. The average molecular weight is 368 g/mol. The Morgan fingerprint density at radius 3 is 2.76 bits per heavy atom. The second-order valence-electron chi connectivity index (χ2n) is 4.40. The van der Waals surface area contributed by atoms with Gasteiger partial charge in [0.25, 0.3) is 0 Å². The number of anilines is 1. The Balaban J connectivity index is 2.24. The molecular formula is C15H9BrClFN2O. The van der Waals surface area contributed by atoms with Crippen molar-refractivity contribution in [3.63, 3.8) is 0 Å². The largest absolute Gasteiger partial charge is 0.367 e. The van der Waals surface area contributed by atoms with Gasteiger partial charge in [-0.25, -0.2) is 4.39 Å². The molecule has 3 aromatic rings. The molecule has 0 unspecified atom stereocenters. The van der Waals surface area contributed by atoms with E-state index >= 15 is 0 Å². The van der Waals surface area contributed by atoms with Gasteiger partial charge in [0.15, 0.2) is 0 Å². The fourth-order valence-electron chi connectivity index (χ4n) is 2.09. The van der Waals surface area contributed by atoms with Gasteiger partial charge in [0.1, 0.15) is 11.5 Å². The predicted molar refractivity (Wildman–Crippen MR) is 84.5 cm³/mol. The molecule has 6 heteroatoms. The lowest BCUT2D eigenvalue weighted by Crippen LogP contribution is -1.90. The Hall–Kier alpha value is -1.85. The second kappa shape index (κ2) is 5.50. The molecule has 3 rings (SSSR count). The highest BCUT2D eigenvalue weighted by molar-refractivity contribution is 9.10. The van der Waals surface area contributed by atoms with Crippen LogP contribution < -0.4 is 5.73 Å². The van der Waals surface area contributed by atoms with Crippen LogP contribution >= 0.6 is 27.5 Å². The molecule has 0 spiro atoms. The maximum absolute atomic E-state index is 14.0. The summed E-state index contributed by atoms with van der Waals surface area (Å²) in [5, 5.41) is 4.29. The molecule has 0 radical (unpaired) electrons. The number of benzene rings is 2. The molecule has 2 N–H and O–H groups in total. The minimum Gasteiger partial charge on any atom is -0.367 e. The van der Waals surface area contributed by atoms with Crippen molar-refractivity contribution >= 4 is 33.4 Å². The van der Waals surface area contributed by atoms with Crippen molar-refractivity contribution in [3.05, 3.63) is 57.8 Å². The topological polar surface area (TPSA) is 52.0 Å². The van der Waals surface area contributed by atoms with E-state index in [2.05, 4.69) is 21.1 Å². The summed E-state index contributed by atoms with van der Waals surface area (Å²) in [7, 11) is 0. The molecule has 21 heavy (non-hydrogen) atoms. The summed E-state index contributed by atoms with van der Waals surface area (Å²) in [6.45, 7) is 0. The third kappa shape index (κ3) is 2.66. The van der Waals surface area contributed by atoms with Crippen LogP contribution in [0.5, 0.6) is 0 Å². The maximum atomic E-state index is 14.0. The van der Waals surface area contributed by atoms with Gasteiger partial charge in [-0.05, 0) is 35.9 Å². The molecule has 0 aliphatic carbocycles. The van der Waals surface area contributed by atoms with E-state index < -0.39 is 5.82 Å². The monoisotopic (exact) mass is 366 g/mol. The number of halogens is 3. The minimum atomic E-state index is -0.441. The van der Waals surface area contributed by atoms with Gasteiger partial charge < -0.3 is 10.3 Å². The van der Waals surface area contributed by atoms with E-state index in [4.69, 9.17) is 21.9 Å². The molecule has 106 valence electrons. The SMILES string of the molecule is Nc1onc(-c2cc(Cl)ccc2F)c1-c1cccc(Br)c1. The molecule has 1 aromatic heterocycles. The number of rotatable bonds is 2. The Morgan fingerprint density at radius 1 is 1.19 bits per heavy atom. The highest BCUT2D eigenvalue weighted by Crippen LogP contribution is 2.38. The zero-order valence-electron chi connectivity index (χ0n) is 10.6. The lowest BCUT2D eigenvalue weighted by molar-refractivity contribution is 0.439. The summed E-state index contributed by atoms with van der Waals surface area (Å²) in [6, 6.07) is 11.7.